The molecule has 2 rings (SSSR count). The van der Waals surface area contributed by atoms with Crippen molar-refractivity contribution >= 4 is 11.3 Å². The van der Waals surface area contributed by atoms with Crippen LogP contribution in [-0.2, 0) is 0 Å². The summed E-state index contributed by atoms with van der Waals surface area (Å²) in [6.07, 6.45) is 0. The van der Waals surface area contributed by atoms with Gasteiger partial charge in [0.05, 0.1) is 12.0 Å². The van der Waals surface area contributed by atoms with Gasteiger partial charge in [0.25, 0.3) is 0 Å². The minimum absolute atomic E-state index is 0.957. The molecule has 2 aromatic rings. The van der Waals surface area contributed by atoms with E-state index in [1.54, 1.807) is 18.4 Å². The summed E-state index contributed by atoms with van der Waals surface area (Å²) in [6, 6.07) is 10.5. The Hall–Kier alpha value is -1.28. The lowest BCUT2D eigenvalue weighted by atomic mass is 10.1. The molecule has 14 heavy (non-hydrogen) atoms. The van der Waals surface area contributed by atoms with Gasteiger partial charge in [0.15, 0.2) is 0 Å². The molecule has 1 aromatic carbocycles. The smallest absolute Gasteiger partial charge is 0.137 e. The van der Waals surface area contributed by atoms with Crippen LogP contribution in [0.25, 0.3) is 10.4 Å². The van der Waals surface area contributed by atoms with E-state index in [1.807, 2.05) is 11.4 Å². The monoisotopic (exact) mass is 204 g/mol. The van der Waals surface area contributed by atoms with Crippen LogP contribution in [0.5, 0.6) is 5.75 Å². The molecule has 0 fully saturated rings. The van der Waals surface area contributed by atoms with Crippen molar-refractivity contribution in [2.75, 3.05) is 7.11 Å². The molecule has 72 valence electrons. The molecule has 0 unspecified atom stereocenters. The zero-order chi connectivity index (χ0) is 9.97. The van der Waals surface area contributed by atoms with Crippen LogP contribution in [0.4, 0.5) is 0 Å². The van der Waals surface area contributed by atoms with Gasteiger partial charge in [0, 0.05) is 0 Å². The summed E-state index contributed by atoms with van der Waals surface area (Å²) < 4.78 is 5.28. The van der Waals surface area contributed by atoms with Crippen LogP contribution in [0.3, 0.4) is 0 Å². The summed E-state index contributed by atoms with van der Waals surface area (Å²) in [4.78, 5) is 1.20. The maximum Gasteiger partial charge on any atom is 0.137 e. The molecule has 1 heterocycles. The Morgan fingerprint density at radius 3 is 2.43 bits per heavy atom. The number of aryl methyl sites for hydroxylation is 1. The molecule has 0 spiro atoms. The summed E-state index contributed by atoms with van der Waals surface area (Å²) in [6.45, 7) is 2.09. The van der Waals surface area contributed by atoms with Gasteiger partial charge in [0.1, 0.15) is 5.75 Å². The Morgan fingerprint density at radius 2 is 1.79 bits per heavy atom. The van der Waals surface area contributed by atoms with E-state index in [0.717, 1.165) is 5.75 Å². The highest BCUT2D eigenvalue weighted by molar-refractivity contribution is 7.14. The molecule has 0 atom stereocenters. The van der Waals surface area contributed by atoms with Gasteiger partial charge in [-0.3, -0.25) is 0 Å². The second-order valence-corrected chi connectivity index (χ2v) is 4.10. The van der Waals surface area contributed by atoms with E-state index < -0.39 is 0 Å². The standard InChI is InChI=1S/C12H12OS/c1-9-3-5-10(6-4-9)12-11(13-2)7-8-14-12/h3-8H,1-2H3. The average molecular weight is 204 g/mol. The maximum atomic E-state index is 5.28. The highest BCUT2D eigenvalue weighted by Gasteiger charge is 2.05. The van der Waals surface area contributed by atoms with Crippen molar-refractivity contribution in [3.63, 3.8) is 0 Å². The molecule has 0 aliphatic rings. The fourth-order valence-electron chi connectivity index (χ4n) is 1.37. The summed E-state index contributed by atoms with van der Waals surface area (Å²) in [5, 5.41) is 2.05. The lowest BCUT2D eigenvalue weighted by molar-refractivity contribution is 0.418. The fourth-order valence-corrected chi connectivity index (χ4v) is 2.24. The van der Waals surface area contributed by atoms with Crippen LogP contribution in [0.15, 0.2) is 35.7 Å². The zero-order valence-corrected chi connectivity index (χ0v) is 9.10. The second kappa shape index (κ2) is 3.84. The van der Waals surface area contributed by atoms with Gasteiger partial charge >= 0.3 is 0 Å². The van der Waals surface area contributed by atoms with Gasteiger partial charge in [-0.1, -0.05) is 29.8 Å². The highest BCUT2D eigenvalue weighted by Crippen LogP contribution is 2.35. The van der Waals surface area contributed by atoms with Gasteiger partial charge in [-0.15, -0.1) is 11.3 Å². The summed E-state index contributed by atoms with van der Waals surface area (Å²) in [5.41, 5.74) is 2.51. The Balaban J connectivity index is 2.44. The van der Waals surface area contributed by atoms with Crippen LogP contribution >= 0.6 is 11.3 Å². The Morgan fingerprint density at radius 1 is 1.07 bits per heavy atom. The van der Waals surface area contributed by atoms with Crippen molar-refractivity contribution in [1.29, 1.82) is 0 Å². The van der Waals surface area contributed by atoms with Crippen molar-refractivity contribution in [3.05, 3.63) is 41.3 Å². The third-order valence-corrected chi connectivity index (χ3v) is 3.11. The number of methoxy groups -OCH3 is 1. The van der Waals surface area contributed by atoms with Crippen molar-refractivity contribution < 1.29 is 4.74 Å². The first-order valence-corrected chi connectivity index (χ1v) is 5.38. The normalized spacial score (nSPS) is 10.1. The van der Waals surface area contributed by atoms with Crippen molar-refractivity contribution in [2.45, 2.75) is 6.92 Å². The predicted molar refractivity (Wildman–Crippen MR) is 61.0 cm³/mol. The summed E-state index contributed by atoms with van der Waals surface area (Å²) in [5.74, 6) is 0.957. The van der Waals surface area contributed by atoms with E-state index in [9.17, 15) is 0 Å². The lowest BCUT2D eigenvalue weighted by Gasteiger charge is -2.02. The van der Waals surface area contributed by atoms with E-state index in [4.69, 9.17) is 4.74 Å². The first kappa shape index (κ1) is 9.28. The third kappa shape index (κ3) is 1.66. The second-order valence-electron chi connectivity index (χ2n) is 3.18. The largest absolute Gasteiger partial charge is 0.495 e. The molecule has 0 saturated heterocycles. The topological polar surface area (TPSA) is 9.23 Å². The summed E-state index contributed by atoms with van der Waals surface area (Å²) >= 11 is 1.71. The lowest BCUT2D eigenvalue weighted by Crippen LogP contribution is -1.82. The number of ether oxygens (including phenoxy) is 1. The molecule has 0 bridgehead atoms. The fraction of sp³-hybridized carbons (Fsp3) is 0.167. The molecule has 0 N–H and O–H groups in total. The van der Waals surface area contributed by atoms with Gasteiger partial charge < -0.3 is 4.74 Å². The van der Waals surface area contributed by atoms with Crippen LogP contribution < -0.4 is 4.74 Å². The minimum atomic E-state index is 0.957. The number of hydrogen-bond acceptors (Lipinski definition) is 2. The average Bonchev–Trinajstić information content (AvgIpc) is 2.67. The third-order valence-electron chi connectivity index (χ3n) is 2.16. The molecule has 0 amide bonds. The zero-order valence-electron chi connectivity index (χ0n) is 8.28. The van der Waals surface area contributed by atoms with Crippen molar-refractivity contribution in [3.8, 4) is 16.2 Å². The van der Waals surface area contributed by atoms with Gasteiger partial charge in [-0.25, -0.2) is 0 Å². The van der Waals surface area contributed by atoms with Crippen LogP contribution in [0.1, 0.15) is 5.56 Å². The summed E-state index contributed by atoms with van der Waals surface area (Å²) in [7, 11) is 1.71. The number of hydrogen-bond donors (Lipinski definition) is 0. The molecular formula is C12H12OS. The Bertz CT molecular complexity index is 414. The SMILES string of the molecule is COc1ccsc1-c1ccc(C)cc1. The molecule has 1 nitrogen and oxygen atoms in total. The Labute approximate surface area is 88.0 Å². The molecule has 0 aliphatic heterocycles. The first-order chi connectivity index (χ1) is 6.81. The van der Waals surface area contributed by atoms with Crippen molar-refractivity contribution in [2.24, 2.45) is 0 Å². The van der Waals surface area contributed by atoms with E-state index >= 15 is 0 Å². The van der Waals surface area contributed by atoms with Crippen LogP contribution in [0.2, 0.25) is 0 Å². The minimum Gasteiger partial charge on any atom is -0.495 e. The van der Waals surface area contributed by atoms with E-state index in [-0.39, 0.29) is 0 Å². The molecule has 2 heteroatoms. The molecule has 0 radical (unpaired) electrons. The van der Waals surface area contributed by atoms with E-state index in [2.05, 4.69) is 31.2 Å². The predicted octanol–water partition coefficient (Wildman–Crippen LogP) is 3.73. The quantitative estimate of drug-likeness (QED) is 0.724. The highest BCUT2D eigenvalue weighted by atomic mass is 32.1. The van der Waals surface area contributed by atoms with Gasteiger partial charge in [-0.2, -0.15) is 0 Å². The van der Waals surface area contributed by atoms with E-state index in [1.165, 1.54) is 16.0 Å². The number of thiophene rings is 1. The first-order valence-electron chi connectivity index (χ1n) is 4.50. The van der Waals surface area contributed by atoms with Crippen molar-refractivity contribution in [1.82, 2.24) is 0 Å². The number of rotatable bonds is 2. The molecular weight excluding hydrogens is 192 g/mol. The molecule has 0 saturated carbocycles. The molecule has 0 aliphatic carbocycles. The van der Waals surface area contributed by atoms with E-state index in [0.29, 0.717) is 0 Å². The maximum absolute atomic E-state index is 5.28. The van der Waals surface area contributed by atoms with Crippen LogP contribution in [-0.4, -0.2) is 7.11 Å². The van der Waals surface area contributed by atoms with Gasteiger partial charge in [-0.05, 0) is 23.9 Å². The Kier molecular flexibility index (Phi) is 2.55. The van der Waals surface area contributed by atoms with Gasteiger partial charge in [0.2, 0.25) is 0 Å². The number of benzene rings is 1. The van der Waals surface area contributed by atoms with Crippen LogP contribution in [0, 0.1) is 6.92 Å². The molecule has 1 aromatic heterocycles.